The summed E-state index contributed by atoms with van der Waals surface area (Å²) in [5, 5.41) is 14.1. The van der Waals surface area contributed by atoms with Crippen molar-refractivity contribution in [3.05, 3.63) is 59.7 Å². The first kappa shape index (κ1) is 21.4. The van der Waals surface area contributed by atoms with Crippen LogP contribution < -0.4 is 10.6 Å². The standard InChI is InChI=1S/C23H26N2O5/c1-14(2)24-22(28)20(11-12-21(26)27)25-23(29)30-13-19-17-9-5-3-7-15(17)16-8-4-6-10-18(16)19/h3-10,14,19-20H,11-13H2,1-2H3,(H,24,28)(H,25,29)(H,26,27)/t20-/m0/s1. The number of rotatable bonds is 8. The molecule has 2 amide bonds. The first-order valence-electron chi connectivity index (χ1n) is 10.0. The van der Waals surface area contributed by atoms with Crippen molar-refractivity contribution in [2.45, 2.75) is 44.7 Å². The molecule has 30 heavy (non-hydrogen) atoms. The van der Waals surface area contributed by atoms with E-state index in [9.17, 15) is 14.4 Å². The highest BCUT2D eigenvalue weighted by atomic mass is 16.5. The van der Waals surface area contributed by atoms with E-state index in [1.807, 2.05) is 48.5 Å². The third-order valence-corrected chi connectivity index (χ3v) is 5.03. The van der Waals surface area contributed by atoms with E-state index in [-0.39, 0.29) is 31.4 Å². The van der Waals surface area contributed by atoms with Crippen LogP contribution in [0.1, 0.15) is 43.7 Å². The van der Waals surface area contributed by atoms with E-state index in [1.165, 1.54) is 0 Å². The molecular weight excluding hydrogens is 384 g/mol. The molecule has 1 aliphatic rings. The second-order valence-corrected chi connectivity index (χ2v) is 7.62. The van der Waals surface area contributed by atoms with Crippen LogP contribution in [0.2, 0.25) is 0 Å². The molecule has 0 aliphatic heterocycles. The maximum Gasteiger partial charge on any atom is 0.407 e. The third kappa shape index (κ3) is 4.97. The Labute approximate surface area is 175 Å². The Morgan fingerprint density at radius 1 is 0.967 bits per heavy atom. The molecule has 1 aliphatic carbocycles. The SMILES string of the molecule is CC(C)NC(=O)[C@H](CCC(=O)O)NC(=O)OCC1c2ccccc2-c2ccccc21. The van der Waals surface area contributed by atoms with Gasteiger partial charge in [-0.05, 0) is 42.5 Å². The van der Waals surface area contributed by atoms with Gasteiger partial charge in [0.25, 0.3) is 0 Å². The fourth-order valence-corrected chi connectivity index (χ4v) is 3.70. The van der Waals surface area contributed by atoms with Crippen LogP contribution in [-0.4, -0.2) is 41.8 Å². The molecule has 158 valence electrons. The van der Waals surface area contributed by atoms with Gasteiger partial charge in [0.15, 0.2) is 0 Å². The van der Waals surface area contributed by atoms with Crippen LogP contribution in [0.25, 0.3) is 11.1 Å². The first-order valence-corrected chi connectivity index (χ1v) is 10.0. The lowest BCUT2D eigenvalue weighted by Crippen LogP contribution is -2.49. The van der Waals surface area contributed by atoms with Gasteiger partial charge in [0.1, 0.15) is 12.6 Å². The number of fused-ring (bicyclic) bond motifs is 3. The molecule has 0 radical (unpaired) electrons. The molecule has 3 rings (SSSR count). The van der Waals surface area contributed by atoms with E-state index in [0.29, 0.717) is 0 Å². The summed E-state index contributed by atoms with van der Waals surface area (Å²) in [4.78, 5) is 35.6. The molecule has 1 atom stereocenters. The average molecular weight is 410 g/mol. The smallest absolute Gasteiger partial charge is 0.407 e. The number of aliphatic carboxylic acids is 1. The number of nitrogens with one attached hydrogen (secondary N) is 2. The van der Waals surface area contributed by atoms with Crippen LogP contribution in [-0.2, 0) is 14.3 Å². The fraction of sp³-hybridized carbons (Fsp3) is 0.348. The monoisotopic (exact) mass is 410 g/mol. The number of carboxylic acids is 1. The number of amides is 2. The molecule has 0 saturated carbocycles. The zero-order valence-electron chi connectivity index (χ0n) is 17.1. The largest absolute Gasteiger partial charge is 0.481 e. The Morgan fingerprint density at radius 3 is 2.07 bits per heavy atom. The molecule has 0 saturated heterocycles. The predicted octanol–water partition coefficient (Wildman–Crippen LogP) is 3.28. The normalized spacial score (nSPS) is 13.3. The van der Waals surface area contributed by atoms with Crippen molar-refractivity contribution in [2.24, 2.45) is 0 Å². The molecule has 0 fully saturated rings. The summed E-state index contributed by atoms with van der Waals surface area (Å²) in [5.74, 6) is -1.56. The minimum atomic E-state index is -1.04. The lowest BCUT2D eigenvalue weighted by atomic mass is 9.98. The molecule has 0 bridgehead atoms. The molecule has 3 N–H and O–H groups in total. The minimum absolute atomic E-state index is 0.0158. The van der Waals surface area contributed by atoms with Crippen LogP contribution in [0.5, 0.6) is 0 Å². The molecule has 0 heterocycles. The molecule has 7 nitrogen and oxygen atoms in total. The van der Waals surface area contributed by atoms with Gasteiger partial charge >= 0.3 is 12.1 Å². The molecule has 2 aromatic carbocycles. The Bertz CT molecular complexity index is 895. The van der Waals surface area contributed by atoms with Crippen molar-refractivity contribution >= 4 is 18.0 Å². The Morgan fingerprint density at radius 2 is 1.53 bits per heavy atom. The van der Waals surface area contributed by atoms with Crippen molar-refractivity contribution in [1.29, 1.82) is 0 Å². The predicted molar refractivity (Wildman–Crippen MR) is 112 cm³/mol. The van der Waals surface area contributed by atoms with Gasteiger partial charge in [-0.3, -0.25) is 9.59 Å². The highest BCUT2D eigenvalue weighted by molar-refractivity contribution is 5.86. The maximum atomic E-state index is 12.4. The van der Waals surface area contributed by atoms with E-state index >= 15 is 0 Å². The maximum absolute atomic E-state index is 12.4. The van der Waals surface area contributed by atoms with Crippen LogP contribution in [0.4, 0.5) is 4.79 Å². The van der Waals surface area contributed by atoms with E-state index in [4.69, 9.17) is 9.84 Å². The van der Waals surface area contributed by atoms with Crippen molar-refractivity contribution in [2.75, 3.05) is 6.61 Å². The molecule has 0 spiro atoms. The number of hydrogen-bond acceptors (Lipinski definition) is 4. The first-order chi connectivity index (χ1) is 14.4. The number of carboxylic acid groups (broad SMARTS) is 1. The van der Waals surface area contributed by atoms with Gasteiger partial charge in [0.2, 0.25) is 5.91 Å². The van der Waals surface area contributed by atoms with Gasteiger partial charge in [0.05, 0.1) is 0 Å². The van der Waals surface area contributed by atoms with E-state index in [2.05, 4.69) is 10.6 Å². The fourth-order valence-electron chi connectivity index (χ4n) is 3.70. The number of ether oxygens (including phenoxy) is 1. The van der Waals surface area contributed by atoms with E-state index in [0.717, 1.165) is 22.3 Å². The number of hydrogen-bond donors (Lipinski definition) is 3. The van der Waals surface area contributed by atoms with Gasteiger partial charge in [0, 0.05) is 18.4 Å². The molecule has 2 aromatic rings. The number of carbonyl (C=O) groups excluding carboxylic acids is 2. The van der Waals surface area contributed by atoms with Gasteiger partial charge < -0.3 is 20.5 Å². The Hall–Kier alpha value is -3.35. The van der Waals surface area contributed by atoms with Crippen LogP contribution >= 0.6 is 0 Å². The minimum Gasteiger partial charge on any atom is -0.481 e. The quantitative estimate of drug-likeness (QED) is 0.619. The van der Waals surface area contributed by atoms with E-state index < -0.39 is 24.0 Å². The van der Waals surface area contributed by atoms with Gasteiger partial charge in [-0.2, -0.15) is 0 Å². The summed E-state index contributed by atoms with van der Waals surface area (Å²) in [6.45, 7) is 3.70. The third-order valence-electron chi connectivity index (χ3n) is 5.03. The molecule has 7 heteroatoms. The topological polar surface area (TPSA) is 105 Å². The summed E-state index contributed by atoms with van der Waals surface area (Å²) >= 11 is 0. The number of benzene rings is 2. The van der Waals surface area contributed by atoms with Gasteiger partial charge in [-0.1, -0.05) is 48.5 Å². The highest BCUT2D eigenvalue weighted by Gasteiger charge is 2.30. The van der Waals surface area contributed by atoms with Crippen molar-refractivity contribution < 1.29 is 24.2 Å². The van der Waals surface area contributed by atoms with Gasteiger partial charge in [-0.15, -0.1) is 0 Å². The Kier molecular flexibility index (Phi) is 6.72. The summed E-state index contributed by atoms with van der Waals surface area (Å²) in [7, 11) is 0. The second kappa shape index (κ2) is 9.43. The summed E-state index contributed by atoms with van der Waals surface area (Å²) in [6.07, 6.45) is -0.996. The number of carbonyl (C=O) groups is 3. The zero-order chi connectivity index (χ0) is 21.7. The second-order valence-electron chi connectivity index (χ2n) is 7.62. The van der Waals surface area contributed by atoms with Crippen molar-refractivity contribution in [1.82, 2.24) is 10.6 Å². The van der Waals surface area contributed by atoms with Crippen molar-refractivity contribution in [3.63, 3.8) is 0 Å². The summed E-state index contributed by atoms with van der Waals surface area (Å²) in [6, 6.07) is 14.9. The zero-order valence-corrected chi connectivity index (χ0v) is 17.1. The molecule has 0 unspecified atom stereocenters. The van der Waals surface area contributed by atoms with Crippen LogP contribution in [0.15, 0.2) is 48.5 Å². The highest BCUT2D eigenvalue weighted by Crippen LogP contribution is 2.44. The van der Waals surface area contributed by atoms with Crippen LogP contribution in [0, 0.1) is 0 Å². The van der Waals surface area contributed by atoms with Gasteiger partial charge in [-0.25, -0.2) is 4.79 Å². The van der Waals surface area contributed by atoms with Crippen molar-refractivity contribution in [3.8, 4) is 11.1 Å². The summed E-state index contributed by atoms with van der Waals surface area (Å²) < 4.78 is 5.45. The molecular formula is C23H26N2O5. The summed E-state index contributed by atoms with van der Waals surface area (Å²) in [5.41, 5.74) is 4.42. The van der Waals surface area contributed by atoms with Crippen LogP contribution in [0.3, 0.4) is 0 Å². The lowest BCUT2D eigenvalue weighted by Gasteiger charge is -2.20. The average Bonchev–Trinajstić information content (AvgIpc) is 3.02. The lowest BCUT2D eigenvalue weighted by molar-refractivity contribution is -0.137. The number of alkyl carbamates (subject to hydrolysis) is 1. The Balaban J connectivity index is 1.66. The molecule has 0 aromatic heterocycles. The van der Waals surface area contributed by atoms with E-state index in [1.54, 1.807) is 13.8 Å².